The minimum absolute atomic E-state index is 0.440. The van der Waals surface area contributed by atoms with Crippen LogP contribution in [0.5, 0.6) is 0 Å². The highest BCUT2D eigenvalue weighted by Gasteiger charge is 2.12. The molecule has 2 heteroatoms. The molecule has 0 aromatic heterocycles. The van der Waals surface area contributed by atoms with Crippen LogP contribution in [0.2, 0.25) is 0 Å². The molecular weight excluding hydrogens is 208 g/mol. The van der Waals surface area contributed by atoms with Crippen molar-refractivity contribution in [1.29, 1.82) is 0 Å². The van der Waals surface area contributed by atoms with Crippen LogP contribution in [0.25, 0.3) is 0 Å². The van der Waals surface area contributed by atoms with Gasteiger partial charge in [-0.25, -0.2) is 0 Å². The highest BCUT2D eigenvalue weighted by atomic mass is 14.6. The molecule has 0 saturated carbocycles. The zero-order valence-corrected chi connectivity index (χ0v) is 11.3. The molecule has 0 aliphatic rings. The van der Waals surface area contributed by atoms with E-state index in [1.807, 2.05) is 0 Å². The van der Waals surface area contributed by atoms with Gasteiger partial charge in [-0.05, 0) is 48.4 Å². The Bertz CT molecular complexity index is 312. The number of benzene rings is 1. The quantitative estimate of drug-likeness (QED) is 0.795. The number of nitrogens with two attached hydrogens (primary N) is 2. The van der Waals surface area contributed by atoms with Crippen LogP contribution in [-0.4, -0.2) is 13.1 Å². The van der Waals surface area contributed by atoms with E-state index < -0.39 is 0 Å². The zero-order chi connectivity index (χ0) is 12.8. The van der Waals surface area contributed by atoms with E-state index in [0.29, 0.717) is 30.8 Å². The fourth-order valence-electron chi connectivity index (χ4n) is 2.13. The minimum Gasteiger partial charge on any atom is -0.330 e. The lowest BCUT2D eigenvalue weighted by Crippen LogP contribution is -2.24. The highest BCUT2D eigenvalue weighted by molar-refractivity contribution is 5.26. The summed E-state index contributed by atoms with van der Waals surface area (Å²) in [6.07, 6.45) is 1.08. The van der Waals surface area contributed by atoms with E-state index in [1.54, 1.807) is 0 Å². The molecule has 0 radical (unpaired) electrons. The summed E-state index contributed by atoms with van der Waals surface area (Å²) in [5.74, 6) is 1.57. The van der Waals surface area contributed by atoms with Crippen molar-refractivity contribution < 1.29 is 0 Å². The Kier molecular flexibility index (Phi) is 5.66. The first-order valence-corrected chi connectivity index (χ1v) is 6.58. The number of hydrogen-bond donors (Lipinski definition) is 2. The summed E-state index contributed by atoms with van der Waals surface area (Å²) in [6.45, 7) is 8.06. The van der Waals surface area contributed by atoms with Crippen molar-refractivity contribution in [3.8, 4) is 0 Å². The Hall–Kier alpha value is -0.860. The van der Waals surface area contributed by atoms with Crippen LogP contribution in [0.15, 0.2) is 24.3 Å². The molecule has 0 heterocycles. The molecule has 0 fully saturated rings. The molecule has 1 atom stereocenters. The van der Waals surface area contributed by atoms with Gasteiger partial charge in [-0.2, -0.15) is 0 Å². The predicted octanol–water partition coefficient (Wildman–Crippen LogP) is 2.84. The number of rotatable bonds is 6. The molecular formula is C15H26N2. The zero-order valence-electron chi connectivity index (χ0n) is 11.3. The maximum atomic E-state index is 5.69. The van der Waals surface area contributed by atoms with Gasteiger partial charge in [-0.15, -0.1) is 0 Å². The monoisotopic (exact) mass is 234 g/mol. The van der Waals surface area contributed by atoms with Crippen LogP contribution >= 0.6 is 0 Å². The molecule has 0 amide bonds. The van der Waals surface area contributed by atoms with Crippen LogP contribution < -0.4 is 11.5 Å². The molecule has 17 heavy (non-hydrogen) atoms. The van der Waals surface area contributed by atoms with Crippen LogP contribution in [-0.2, 0) is 0 Å². The van der Waals surface area contributed by atoms with E-state index in [1.165, 1.54) is 11.1 Å². The summed E-state index contributed by atoms with van der Waals surface area (Å²) < 4.78 is 0. The van der Waals surface area contributed by atoms with Crippen molar-refractivity contribution in [3.63, 3.8) is 0 Å². The van der Waals surface area contributed by atoms with Crippen molar-refractivity contribution in [2.45, 2.75) is 39.0 Å². The second-order valence-electron chi connectivity index (χ2n) is 5.30. The van der Waals surface area contributed by atoms with Crippen LogP contribution in [0.4, 0.5) is 0 Å². The molecule has 0 spiro atoms. The molecule has 1 rings (SSSR count). The fourth-order valence-corrected chi connectivity index (χ4v) is 2.13. The Morgan fingerprint density at radius 3 is 1.76 bits per heavy atom. The molecule has 0 saturated heterocycles. The van der Waals surface area contributed by atoms with E-state index in [2.05, 4.69) is 45.0 Å². The lowest BCUT2D eigenvalue weighted by molar-refractivity contribution is 0.465. The van der Waals surface area contributed by atoms with Gasteiger partial charge in [0.2, 0.25) is 0 Å². The molecule has 1 aromatic carbocycles. The van der Waals surface area contributed by atoms with Gasteiger partial charge in [0, 0.05) is 0 Å². The maximum absolute atomic E-state index is 5.69. The molecule has 2 nitrogen and oxygen atoms in total. The number of hydrogen-bond acceptors (Lipinski definition) is 2. The smallest absolute Gasteiger partial charge is 0.00366 e. The average molecular weight is 234 g/mol. The lowest BCUT2D eigenvalue weighted by atomic mass is 9.89. The van der Waals surface area contributed by atoms with Crippen molar-refractivity contribution in [3.05, 3.63) is 35.4 Å². The van der Waals surface area contributed by atoms with Crippen LogP contribution in [0.3, 0.4) is 0 Å². The molecule has 1 unspecified atom stereocenters. The third-order valence-electron chi connectivity index (χ3n) is 3.53. The molecule has 0 aliphatic carbocycles. The third-order valence-corrected chi connectivity index (χ3v) is 3.53. The van der Waals surface area contributed by atoms with Gasteiger partial charge in [-0.1, -0.05) is 45.0 Å². The van der Waals surface area contributed by atoms with Crippen LogP contribution in [0.1, 0.15) is 50.2 Å². The van der Waals surface area contributed by atoms with Gasteiger partial charge in [0.1, 0.15) is 0 Å². The normalized spacial score (nSPS) is 13.4. The first kappa shape index (κ1) is 14.2. The Balaban J connectivity index is 2.66. The Morgan fingerprint density at radius 1 is 0.882 bits per heavy atom. The van der Waals surface area contributed by atoms with Crippen molar-refractivity contribution in [1.82, 2.24) is 0 Å². The van der Waals surface area contributed by atoms with Crippen LogP contribution in [0, 0.1) is 5.92 Å². The van der Waals surface area contributed by atoms with Gasteiger partial charge in [0.05, 0.1) is 0 Å². The summed E-state index contributed by atoms with van der Waals surface area (Å²) in [6, 6.07) is 8.95. The summed E-state index contributed by atoms with van der Waals surface area (Å²) in [5, 5.41) is 0. The molecule has 0 aliphatic heterocycles. The largest absolute Gasteiger partial charge is 0.330 e. The van der Waals surface area contributed by atoms with E-state index in [0.717, 1.165) is 6.42 Å². The van der Waals surface area contributed by atoms with E-state index in [4.69, 9.17) is 11.5 Å². The van der Waals surface area contributed by atoms with Gasteiger partial charge in [-0.3, -0.25) is 0 Å². The first-order valence-electron chi connectivity index (χ1n) is 6.58. The molecule has 96 valence electrons. The second kappa shape index (κ2) is 6.77. The molecule has 1 aromatic rings. The summed E-state index contributed by atoms with van der Waals surface area (Å²) in [4.78, 5) is 0. The van der Waals surface area contributed by atoms with Crippen molar-refractivity contribution >= 4 is 0 Å². The minimum atomic E-state index is 0.440. The summed E-state index contributed by atoms with van der Waals surface area (Å²) in [7, 11) is 0. The Labute approximate surface area is 105 Å². The maximum Gasteiger partial charge on any atom is -0.00366 e. The van der Waals surface area contributed by atoms with E-state index >= 15 is 0 Å². The SMILES string of the molecule is CC(C)c1ccc(C(C)CC(CN)CN)cc1. The summed E-state index contributed by atoms with van der Waals surface area (Å²) >= 11 is 0. The average Bonchev–Trinajstić information content (AvgIpc) is 2.35. The van der Waals surface area contributed by atoms with Crippen molar-refractivity contribution in [2.24, 2.45) is 17.4 Å². The van der Waals surface area contributed by atoms with Gasteiger partial charge in [0.15, 0.2) is 0 Å². The summed E-state index contributed by atoms with van der Waals surface area (Å²) in [5.41, 5.74) is 14.2. The first-order chi connectivity index (χ1) is 8.08. The third kappa shape index (κ3) is 4.14. The van der Waals surface area contributed by atoms with Crippen molar-refractivity contribution in [2.75, 3.05) is 13.1 Å². The lowest BCUT2D eigenvalue weighted by Gasteiger charge is -2.19. The van der Waals surface area contributed by atoms with Gasteiger partial charge < -0.3 is 11.5 Å². The predicted molar refractivity (Wildman–Crippen MR) is 75.2 cm³/mol. The molecule has 0 bridgehead atoms. The highest BCUT2D eigenvalue weighted by Crippen LogP contribution is 2.24. The van der Waals surface area contributed by atoms with Gasteiger partial charge in [0.25, 0.3) is 0 Å². The topological polar surface area (TPSA) is 52.0 Å². The second-order valence-corrected chi connectivity index (χ2v) is 5.30. The Morgan fingerprint density at radius 2 is 1.35 bits per heavy atom. The van der Waals surface area contributed by atoms with E-state index in [9.17, 15) is 0 Å². The van der Waals surface area contributed by atoms with E-state index in [-0.39, 0.29) is 0 Å². The van der Waals surface area contributed by atoms with Gasteiger partial charge >= 0.3 is 0 Å². The molecule has 4 N–H and O–H groups in total. The fraction of sp³-hybridized carbons (Fsp3) is 0.600. The standard InChI is InChI=1S/C15H26N2/c1-11(2)14-4-6-15(7-5-14)12(3)8-13(9-16)10-17/h4-7,11-13H,8-10,16-17H2,1-3H3.